The summed E-state index contributed by atoms with van der Waals surface area (Å²) in [4.78, 5) is 0. The normalized spacial score (nSPS) is 10.6. The Kier molecular flexibility index (Phi) is 15.8. The minimum atomic E-state index is -1.39. The van der Waals surface area contributed by atoms with Crippen LogP contribution in [0.4, 0.5) is 0 Å². The molecule has 0 unspecified atom stereocenters. The van der Waals surface area contributed by atoms with Gasteiger partial charge in [-0.3, -0.25) is 0 Å². The smallest absolute Gasteiger partial charge is 1.00 e. The summed E-state index contributed by atoms with van der Waals surface area (Å²) < 4.78 is 5.96. The summed E-state index contributed by atoms with van der Waals surface area (Å²) in [6.45, 7) is 12.7. The van der Waals surface area contributed by atoms with Crippen LogP contribution in [0.2, 0.25) is 18.1 Å². The van der Waals surface area contributed by atoms with Crippen molar-refractivity contribution in [1.82, 2.24) is 0 Å². The van der Waals surface area contributed by atoms with E-state index in [1.165, 1.54) is 12.1 Å². The first kappa shape index (κ1) is 20.1. The standard InChI is InChI=1S/C9H21OSi.HI.Mg/c1-6-11(7-2,8-3)10-9(4)5;;/h9H,1,6-8H2,2-5H3;1H;/q-1;;+2/p-1. The molecule has 0 radical (unpaired) electrons. The molecule has 0 aliphatic carbocycles. The van der Waals surface area contributed by atoms with E-state index < -0.39 is 8.32 Å². The predicted molar refractivity (Wildman–Crippen MR) is 58.9 cm³/mol. The van der Waals surface area contributed by atoms with Crippen LogP contribution in [0.15, 0.2) is 0 Å². The Morgan fingerprint density at radius 2 is 1.62 bits per heavy atom. The molecule has 0 aliphatic heterocycles. The Morgan fingerprint density at radius 1 is 1.23 bits per heavy atom. The fourth-order valence-corrected chi connectivity index (χ4v) is 3.99. The van der Waals surface area contributed by atoms with Gasteiger partial charge in [0.25, 0.3) is 0 Å². The minimum Gasteiger partial charge on any atom is -1.00 e. The third kappa shape index (κ3) is 7.58. The molecule has 13 heavy (non-hydrogen) atoms. The van der Waals surface area contributed by atoms with Crippen molar-refractivity contribution in [2.75, 3.05) is 0 Å². The van der Waals surface area contributed by atoms with E-state index in [1.54, 1.807) is 0 Å². The van der Waals surface area contributed by atoms with Crippen LogP contribution in [-0.2, 0) is 4.43 Å². The number of hydrogen-bond donors (Lipinski definition) is 0. The summed E-state index contributed by atoms with van der Waals surface area (Å²) >= 11 is 0. The second kappa shape index (κ2) is 10.2. The summed E-state index contributed by atoms with van der Waals surface area (Å²) in [6.07, 6.45) is 0.378. The molecule has 0 amide bonds. The van der Waals surface area contributed by atoms with Crippen LogP contribution < -0.4 is 24.0 Å². The second-order valence-electron chi connectivity index (χ2n) is 3.31. The SMILES string of the molecule is [CH2-]C[Si](CC)(CC)OC(C)C.[I-].[Mg+2]. The third-order valence-electron chi connectivity index (χ3n) is 2.23. The zero-order valence-corrected chi connectivity index (χ0v) is 14.0. The summed E-state index contributed by atoms with van der Waals surface area (Å²) in [6, 6.07) is 3.41. The van der Waals surface area contributed by atoms with Gasteiger partial charge in [-0.05, 0) is 25.9 Å². The molecule has 0 fully saturated rings. The number of hydrogen-bond acceptors (Lipinski definition) is 1. The largest absolute Gasteiger partial charge is 2.00 e. The molecule has 76 valence electrons. The summed E-state index contributed by atoms with van der Waals surface area (Å²) in [5, 5.41) is 0. The Bertz CT molecular complexity index is 99.5. The van der Waals surface area contributed by atoms with Gasteiger partial charge in [0, 0.05) is 6.10 Å². The fraction of sp³-hybridized carbons (Fsp3) is 0.889. The maximum Gasteiger partial charge on any atom is 2.00 e. The van der Waals surface area contributed by atoms with Crippen molar-refractivity contribution in [2.45, 2.75) is 51.9 Å². The summed E-state index contributed by atoms with van der Waals surface area (Å²) in [5.74, 6) is 0. The van der Waals surface area contributed by atoms with E-state index in [9.17, 15) is 0 Å². The first-order valence-corrected chi connectivity index (χ1v) is 7.10. The van der Waals surface area contributed by atoms with E-state index in [0.29, 0.717) is 6.10 Å². The molecule has 0 aromatic heterocycles. The van der Waals surface area contributed by atoms with Gasteiger partial charge in [0.1, 0.15) is 0 Å². The molecule has 0 spiro atoms. The first-order chi connectivity index (χ1) is 5.10. The van der Waals surface area contributed by atoms with Crippen molar-refractivity contribution in [3.8, 4) is 0 Å². The van der Waals surface area contributed by atoms with Crippen LogP contribution in [0.5, 0.6) is 0 Å². The Balaban J connectivity index is -0.000000500. The van der Waals surface area contributed by atoms with E-state index in [2.05, 4.69) is 34.6 Å². The molecule has 4 heteroatoms. The average Bonchev–Trinajstić information content (AvgIpc) is 2.00. The molecule has 0 rings (SSSR count). The molecule has 1 nitrogen and oxygen atoms in total. The van der Waals surface area contributed by atoms with E-state index in [4.69, 9.17) is 4.43 Å². The van der Waals surface area contributed by atoms with Crippen molar-refractivity contribution in [1.29, 1.82) is 0 Å². The number of halogens is 1. The van der Waals surface area contributed by atoms with Crippen molar-refractivity contribution in [3.05, 3.63) is 6.92 Å². The van der Waals surface area contributed by atoms with E-state index in [-0.39, 0.29) is 47.0 Å². The molecule has 0 bridgehead atoms. The zero-order valence-electron chi connectivity index (χ0n) is 9.40. The molecule has 0 aromatic carbocycles. The van der Waals surface area contributed by atoms with Gasteiger partial charge in [-0.15, -0.1) is 0 Å². The zero-order chi connectivity index (χ0) is 8.91. The van der Waals surface area contributed by atoms with Crippen molar-refractivity contribution in [3.63, 3.8) is 0 Å². The molecular weight excluding hydrogens is 303 g/mol. The molecule has 0 N–H and O–H groups in total. The van der Waals surface area contributed by atoms with Crippen molar-refractivity contribution >= 4 is 31.4 Å². The Labute approximate surface area is 118 Å². The maximum atomic E-state index is 5.96. The average molecular weight is 325 g/mol. The van der Waals surface area contributed by atoms with Gasteiger partial charge < -0.3 is 35.3 Å². The van der Waals surface area contributed by atoms with Crippen LogP contribution in [0.3, 0.4) is 0 Å². The van der Waals surface area contributed by atoms with Crippen molar-refractivity contribution < 1.29 is 28.4 Å². The summed E-state index contributed by atoms with van der Waals surface area (Å²) in [5.41, 5.74) is 0. The van der Waals surface area contributed by atoms with Gasteiger partial charge in [-0.25, -0.2) is 0 Å². The Morgan fingerprint density at radius 3 is 1.69 bits per heavy atom. The monoisotopic (exact) mass is 324 g/mol. The van der Waals surface area contributed by atoms with E-state index in [0.717, 1.165) is 6.04 Å². The van der Waals surface area contributed by atoms with Gasteiger partial charge in [-0.1, -0.05) is 13.8 Å². The first-order valence-electron chi connectivity index (χ1n) is 4.57. The van der Waals surface area contributed by atoms with Gasteiger partial charge in [0.05, 0.1) is 0 Å². The third-order valence-corrected chi connectivity index (χ3v) is 6.69. The summed E-state index contributed by atoms with van der Waals surface area (Å²) in [7, 11) is -1.39. The van der Waals surface area contributed by atoms with Crippen LogP contribution in [-0.4, -0.2) is 37.5 Å². The van der Waals surface area contributed by atoms with Crippen LogP contribution in [0.1, 0.15) is 27.7 Å². The minimum absolute atomic E-state index is 0. The topological polar surface area (TPSA) is 9.23 Å². The van der Waals surface area contributed by atoms with Crippen LogP contribution in [0, 0.1) is 6.92 Å². The second-order valence-corrected chi connectivity index (χ2v) is 7.82. The maximum absolute atomic E-state index is 5.96. The number of rotatable bonds is 5. The van der Waals surface area contributed by atoms with Gasteiger partial charge in [-0.2, -0.15) is 6.04 Å². The molecule has 0 atom stereocenters. The molecule has 0 saturated carbocycles. The quantitative estimate of drug-likeness (QED) is 0.388. The molecule has 0 aliphatic rings. The van der Waals surface area contributed by atoms with E-state index in [1.807, 2.05) is 0 Å². The van der Waals surface area contributed by atoms with Gasteiger partial charge >= 0.3 is 23.1 Å². The molecule has 0 heterocycles. The van der Waals surface area contributed by atoms with E-state index >= 15 is 0 Å². The molecule has 0 saturated heterocycles. The molecule has 0 aromatic rings. The fourth-order valence-electron chi connectivity index (χ4n) is 1.33. The predicted octanol–water partition coefficient (Wildman–Crippen LogP) is -0.146. The van der Waals surface area contributed by atoms with Gasteiger partial charge in [0.15, 0.2) is 8.32 Å². The molecular formula is C9H21IMgOSi. The van der Waals surface area contributed by atoms with Crippen LogP contribution >= 0.6 is 0 Å². The Hall–Kier alpha value is 1.67. The van der Waals surface area contributed by atoms with Gasteiger partial charge in [0.2, 0.25) is 0 Å². The van der Waals surface area contributed by atoms with Crippen LogP contribution in [0.25, 0.3) is 0 Å². The van der Waals surface area contributed by atoms with Crippen molar-refractivity contribution in [2.24, 2.45) is 0 Å².